The highest BCUT2D eigenvalue weighted by Gasteiger charge is 2.27. The molecule has 2 aliphatic rings. The highest BCUT2D eigenvalue weighted by molar-refractivity contribution is 8.16. The van der Waals surface area contributed by atoms with Crippen molar-refractivity contribution in [3.8, 4) is 0 Å². The summed E-state index contributed by atoms with van der Waals surface area (Å²) in [7, 11) is 0. The van der Waals surface area contributed by atoms with E-state index in [4.69, 9.17) is 0 Å². The average molecular weight is 272 g/mol. The van der Waals surface area contributed by atoms with E-state index in [1.54, 1.807) is 11.8 Å². The second-order valence-corrected chi connectivity index (χ2v) is 5.78. The lowest BCUT2D eigenvalue weighted by Gasteiger charge is -2.16. The Labute approximate surface area is 117 Å². The van der Waals surface area contributed by atoms with Crippen LogP contribution in [-0.4, -0.2) is 28.9 Å². The molecule has 0 saturated heterocycles. The highest BCUT2D eigenvalue weighted by atomic mass is 32.2. The van der Waals surface area contributed by atoms with Gasteiger partial charge in [0.25, 0.3) is 0 Å². The van der Waals surface area contributed by atoms with Gasteiger partial charge in [0.2, 0.25) is 0 Å². The summed E-state index contributed by atoms with van der Waals surface area (Å²) in [6, 6.07) is 5.93. The Bertz CT molecular complexity index is 604. The van der Waals surface area contributed by atoms with Crippen molar-refractivity contribution in [2.45, 2.75) is 20.3 Å². The number of benzene rings is 1. The number of hydrogen-bond donors (Lipinski definition) is 0. The third-order valence-electron chi connectivity index (χ3n) is 3.62. The molecule has 0 fully saturated rings. The number of amidine groups is 1. The smallest absolute Gasteiger partial charge is 0.168 e. The number of allylic oxidation sites excluding steroid dienone is 1. The molecule has 98 valence electrons. The number of ketones is 1. The number of aliphatic imine (C=N–C) groups is 1. The van der Waals surface area contributed by atoms with Crippen molar-refractivity contribution in [3.63, 3.8) is 0 Å². The number of nitrogens with zero attached hydrogens (tertiary/aromatic N) is 2. The third kappa shape index (κ3) is 2.32. The lowest BCUT2D eigenvalue weighted by molar-refractivity contribution is 0.0988. The van der Waals surface area contributed by atoms with E-state index in [0.717, 1.165) is 29.5 Å². The summed E-state index contributed by atoms with van der Waals surface area (Å²) in [4.78, 5) is 18.9. The Kier molecular flexibility index (Phi) is 3.19. The van der Waals surface area contributed by atoms with Crippen LogP contribution in [0.1, 0.15) is 27.9 Å². The van der Waals surface area contributed by atoms with Crippen molar-refractivity contribution in [3.05, 3.63) is 46.0 Å². The van der Waals surface area contributed by atoms with Crippen LogP contribution >= 0.6 is 11.8 Å². The van der Waals surface area contributed by atoms with E-state index >= 15 is 0 Å². The van der Waals surface area contributed by atoms with Gasteiger partial charge in [0, 0.05) is 17.8 Å². The Hall–Kier alpha value is -1.55. The van der Waals surface area contributed by atoms with Crippen LogP contribution in [0.5, 0.6) is 0 Å². The van der Waals surface area contributed by atoms with Gasteiger partial charge < -0.3 is 4.90 Å². The van der Waals surface area contributed by atoms with Crippen molar-refractivity contribution >= 4 is 22.7 Å². The van der Waals surface area contributed by atoms with Crippen molar-refractivity contribution in [2.24, 2.45) is 4.99 Å². The summed E-state index contributed by atoms with van der Waals surface area (Å²) in [5, 5.41) is 3.10. The minimum absolute atomic E-state index is 0.183. The zero-order valence-electron chi connectivity index (χ0n) is 11.1. The Morgan fingerprint density at radius 2 is 2.21 bits per heavy atom. The molecule has 0 aromatic heterocycles. The van der Waals surface area contributed by atoms with Crippen molar-refractivity contribution in [2.75, 3.05) is 13.1 Å². The molecule has 0 unspecified atom stereocenters. The van der Waals surface area contributed by atoms with Crippen LogP contribution in [0.25, 0.3) is 0 Å². The fraction of sp³-hybridized carbons (Fsp3) is 0.333. The molecule has 1 aromatic carbocycles. The number of carbonyl (C=O) groups is 1. The molecular weight excluding hydrogens is 256 g/mol. The molecule has 0 spiro atoms. The Balaban J connectivity index is 1.75. The number of rotatable bonds is 3. The molecule has 0 aliphatic carbocycles. The second-order valence-electron chi connectivity index (χ2n) is 4.94. The summed E-state index contributed by atoms with van der Waals surface area (Å²) in [5.74, 6) is 0.183. The molecule has 0 saturated carbocycles. The van der Waals surface area contributed by atoms with E-state index in [1.807, 2.05) is 25.1 Å². The topological polar surface area (TPSA) is 32.7 Å². The summed E-state index contributed by atoms with van der Waals surface area (Å²) >= 11 is 1.63. The molecule has 2 aliphatic heterocycles. The minimum Gasteiger partial charge on any atom is -0.322 e. The maximum atomic E-state index is 12.3. The number of carbonyl (C=O) groups excluding carboxylic acids is 1. The SMILES string of the molecule is Cc1ccc(C(=O)CC2=CSC3=NCCN23)cc1C. The van der Waals surface area contributed by atoms with Gasteiger partial charge in [0.15, 0.2) is 11.0 Å². The fourth-order valence-electron chi connectivity index (χ4n) is 2.30. The second kappa shape index (κ2) is 4.85. The van der Waals surface area contributed by atoms with Gasteiger partial charge in [0.05, 0.1) is 13.0 Å². The fourth-order valence-corrected chi connectivity index (χ4v) is 3.25. The van der Waals surface area contributed by atoms with E-state index in [0.29, 0.717) is 6.42 Å². The number of hydrogen-bond acceptors (Lipinski definition) is 4. The molecule has 1 aromatic rings. The van der Waals surface area contributed by atoms with Gasteiger partial charge in [-0.2, -0.15) is 0 Å². The van der Waals surface area contributed by atoms with Crippen LogP contribution in [0.3, 0.4) is 0 Å². The number of Topliss-reactive ketones (excluding diaryl/α,β-unsaturated/α-hetero) is 1. The first-order valence-corrected chi connectivity index (χ1v) is 7.31. The molecule has 4 heteroatoms. The predicted molar refractivity (Wildman–Crippen MR) is 79.5 cm³/mol. The number of fused-ring (bicyclic) bond motifs is 1. The number of aryl methyl sites for hydroxylation is 2. The zero-order valence-corrected chi connectivity index (χ0v) is 12.0. The van der Waals surface area contributed by atoms with E-state index in [1.165, 1.54) is 11.1 Å². The van der Waals surface area contributed by atoms with Crippen molar-refractivity contribution < 1.29 is 4.79 Å². The molecule has 0 N–H and O–H groups in total. The van der Waals surface area contributed by atoms with Gasteiger partial charge in [-0.1, -0.05) is 23.9 Å². The molecule has 0 bridgehead atoms. The van der Waals surface area contributed by atoms with Gasteiger partial charge in [0.1, 0.15) is 0 Å². The molecule has 0 atom stereocenters. The van der Waals surface area contributed by atoms with Crippen LogP contribution in [0.15, 0.2) is 34.3 Å². The summed E-state index contributed by atoms with van der Waals surface area (Å²) < 4.78 is 0. The third-order valence-corrected chi connectivity index (χ3v) is 4.57. The maximum absolute atomic E-state index is 12.3. The highest BCUT2D eigenvalue weighted by Crippen LogP contribution is 2.31. The summed E-state index contributed by atoms with van der Waals surface area (Å²) in [6.45, 7) is 5.86. The first-order chi connectivity index (χ1) is 9.15. The number of thioether (sulfide) groups is 1. The Morgan fingerprint density at radius 3 is 3.00 bits per heavy atom. The van der Waals surface area contributed by atoms with Crippen LogP contribution in [0, 0.1) is 13.8 Å². The summed E-state index contributed by atoms with van der Waals surface area (Å²) in [6.07, 6.45) is 0.467. The molecule has 3 rings (SSSR count). The van der Waals surface area contributed by atoms with Crippen LogP contribution < -0.4 is 0 Å². The van der Waals surface area contributed by atoms with Crippen LogP contribution in [-0.2, 0) is 0 Å². The molecule has 0 radical (unpaired) electrons. The van der Waals surface area contributed by atoms with E-state index in [9.17, 15) is 4.79 Å². The van der Waals surface area contributed by atoms with E-state index in [-0.39, 0.29) is 5.78 Å². The summed E-state index contributed by atoms with van der Waals surface area (Å²) in [5.41, 5.74) is 4.29. The molecule has 2 heterocycles. The monoisotopic (exact) mass is 272 g/mol. The quantitative estimate of drug-likeness (QED) is 0.792. The van der Waals surface area contributed by atoms with Gasteiger partial charge in [-0.05, 0) is 36.4 Å². The zero-order chi connectivity index (χ0) is 13.4. The molecule has 19 heavy (non-hydrogen) atoms. The van der Waals surface area contributed by atoms with Crippen LogP contribution in [0.2, 0.25) is 0 Å². The van der Waals surface area contributed by atoms with E-state index in [2.05, 4.69) is 22.2 Å². The van der Waals surface area contributed by atoms with Gasteiger partial charge in [-0.25, -0.2) is 0 Å². The average Bonchev–Trinajstić information content (AvgIpc) is 2.97. The largest absolute Gasteiger partial charge is 0.322 e. The maximum Gasteiger partial charge on any atom is 0.168 e. The first-order valence-electron chi connectivity index (χ1n) is 6.43. The predicted octanol–water partition coefficient (Wildman–Crippen LogP) is 3.14. The van der Waals surface area contributed by atoms with Crippen molar-refractivity contribution in [1.29, 1.82) is 0 Å². The van der Waals surface area contributed by atoms with Gasteiger partial charge in [-0.15, -0.1) is 0 Å². The normalized spacial score (nSPS) is 17.3. The molecule has 3 nitrogen and oxygen atoms in total. The minimum atomic E-state index is 0.183. The first kappa shape index (κ1) is 12.5. The molecular formula is C15H16N2OS. The van der Waals surface area contributed by atoms with E-state index < -0.39 is 0 Å². The Morgan fingerprint density at radius 1 is 1.37 bits per heavy atom. The van der Waals surface area contributed by atoms with Gasteiger partial charge in [-0.3, -0.25) is 9.79 Å². The van der Waals surface area contributed by atoms with Crippen molar-refractivity contribution in [1.82, 2.24) is 4.90 Å². The standard InChI is InChI=1S/C15H16N2OS/c1-10-3-4-12(7-11(10)2)14(18)8-13-9-19-15-16-5-6-17(13)15/h3-4,7,9H,5-6,8H2,1-2H3. The van der Waals surface area contributed by atoms with Gasteiger partial charge >= 0.3 is 0 Å². The lowest BCUT2D eigenvalue weighted by Crippen LogP contribution is -2.22. The van der Waals surface area contributed by atoms with Crippen LogP contribution in [0.4, 0.5) is 0 Å². The molecule has 0 amide bonds. The lowest BCUT2D eigenvalue weighted by atomic mass is 10.0.